The number of hydrogen-bond acceptors (Lipinski definition) is 3. The van der Waals surface area contributed by atoms with Crippen LogP contribution >= 0.6 is 0 Å². The Morgan fingerprint density at radius 2 is 1.88 bits per heavy atom. The van der Waals surface area contributed by atoms with Gasteiger partial charge in [0.1, 0.15) is 11.6 Å². The molecular formula is C21H20FN3O. The number of nitrogens with zero attached hydrogens (tertiary/aromatic N) is 1. The molecule has 1 heterocycles. The molecule has 3 aromatic rings. The number of aromatic nitrogens is 1. The van der Waals surface area contributed by atoms with Crippen LogP contribution in [0.3, 0.4) is 0 Å². The highest BCUT2D eigenvalue weighted by atomic mass is 19.1. The van der Waals surface area contributed by atoms with Crippen molar-refractivity contribution >= 4 is 11.7 Å². The Morgan fingerprint density at radius 1 is 1.12 bits per heavy atom. The fourth-order valence-corrected chi connectivity index (χ4v) is 2.69. The van der Waals surface area contributed by atoms with Crippen LogP contribution in [0.5, 0.6) is 0 Å². The van der Waals surface area contributed by atoms with Crippen molar-refractivity contribution in [2.75, 3.05) is 11.9 Å². The SMILES string of the molecule is C[C@@H](CNc1ccc(-c2cccc(C(N)=O)c2)cn1)c1ccc(F)cc1. The number of pyridine rings is 1. The van der Waals surface area contributed by atoms with Crippen molar-refractivity contribution in [2.45, 2.75) is 12.8 Å². The minimum Gasteiger partial charge on any atom is -0.369 e. The van der Waals surface area contributed by atoms with E-state index in [1.165, 1.54) is 12.1 Å². The summed E-state index contributed by atoms with van der Waals surface area (Å²) >= 11 is 0. The lowest BCUT2D eigenvalue weighted by Gasteiger charge is -2.14. The predicted molar refractivity (Wildman–Crippen MR) is 101 cm³/mol. The summed E-state index contributed by atoms with van der Waals surface area (Å²) in [5.74, 6) is 0.303. The molecule has 0 bridgehead atoms. The number of benzene rings is 2. The van der Waals surface area contributed by atoms with E-state index in [4.69, 9.17) is 5.73 Å². The Balaban J connectivity index is 1.65. The average Bonchev–Trinajstić information content (AvgIpc) is 2.67. The molecule has 0 saturated heterocycles. The van der Waals surface area contributed by atoms with E-state index in [2.05, 4.69) is 17.2 Å². The van der Waals surface area contributed by atoms with Gasteiger partial charge in [-0.3, -0.25) is 4.79 Å². The third-order valence-corrected chi connectivity index (χ3v) is 4.27. The van der Waals surface area contributed by atoms with Crippen molar-refractivity contribution in [3.63, 3.8) is 0 Å². The van der Waals surface area contributed by atoms with Gasteiger partial charge in [-0.15, -0.1) is 0 Å². The van der Waals surface area contributed by atoms with Crippen LogP contribution in [0.25, 0.3) is 11.1 Å². The van der Waals surface area contributed by atoms with Gasteiger partial charge in [0.05, 0.1) is 0 Å². The van der Waals surface area contributed by atoms with E-state index < -0.39 is 5.91 Å². The molecule has 3 N–H and O–H groups in total. The van der Waals surface area contributed by atoms with E-state index in [1.807, 2.05) is 18.2 Å². The summed E-state index contributed by atoms with van der Waals surface area (Å²) in [6, 6.07) is 17.5. The summed E-state index contributed by atoms with van der Waals surface area (Å²) in [5.41, 5.74) is 8.66. The summed E-state index contributed by atoms with van der Waals surface area (Å²) in [6.45, 7) is 2.76. The van der Waals surface area contributed by atoms with Gasteiger partial charge >= 0.3 is 0 Å². The zero-order valence-corrected chi connectivity index (χ0v) is 14.4. The van der Waals surface area contributed by atoms with E-state index in [-0.39, 0.29) is 11.7 Å². The first kappa shape index (κ1) is 17.6. The Bertz CT molecular complexity index is 892. The number of carbonyl (C=O) groups excluding carboxylic acids is 1. The Hall–Kier alpha value is -3.21. The molecule has 0 saturated carbocycles. The Labute approximate surface area is 151 Å². The fourth-order valence-electron chi connectivity index (χ4n) is 2.69. The van der Waals surface area contributed by atoms with Gasteiger partial charge in [-0.05, 0) is 53.4 Å². The molecule has 0 aliphatic carbocycles. The van der Waals surface area contributed by atoms with Crippen LogP contribution in [0.2, 0.25) is 0 Å². The van der Waals surface area contributed by atoms with Crippen molar-refractivity contribution in [3.05, 3.63) is 83.8 Å². The number of carbonyl (C=O) groups is 1. The molecule has 0 aliphatic rings. The van der Waals surface area contributed by atoms with Crippen LogP contribution in [0.15, 0.2) is 66.9 Å². The summed E-state index contributed by atoms with van der Waals surface area (Å²) in [6.07, 6.45) is 1.75. The summed E-state index contributed by atoms with van der Waals surface area (Å²) < 4.78 is 13.0. The zero-order valence-electron chi connectivity index (χ0n) is 14.4. The summed E-state index contributed by atoms with van der Waals surface area (Å²) in [5, 5.41) is 3.29. The molecule has 2 aromatic carbocycles. The van der Waals surface area contributed by atoms with Crippen LogP contribution in [-0.4, -0.2) is 17.4 Å². The maximum atomic E-state index is 13.0. The number of amides is 1. The molecule has 132 valence electrons. The third-order valence-electron chi connectivity index (χ3n) is 4.27. The van der Waals surface area contributed by atoms with Crippen LogP contribution in [0, 0.1) is 5.82 Å². The number of nitrogens with two attached hydrogens (primary N) is 1. The zero-order chi connectivity index (χ0) is 18.5. The molecule has 3 rings (SSSR count). The molecule has 26 heavy (non-hydrogen) atoms. The van der Waals surface area contributed by atoms with E-state index in [0.29, 0.717) is 12.1 Å². The average molecular weight is 349 g/mol. The van der Waals surface area contributed by atoms with Crippen molar-refractivity contribution in [1.82, 2.24) is 4.98 Å². The maximum absolute atomic E-state index is 13.0. The summed E-state index contributed by atoms with van der Waals surface area (Å²) in [7, 11) is 0. The first-order valence-corrected chi connectivity index (χ1v) is 8.38. The molecule has 0 fully saturated rings. The van der Waals surface area contributed by atoms with Crippen LogP contribution in [0.1, 0.15) is 28.8 Å². The highest BCUT2D eigenvalue weighted by Crippen LogP contribution is 2.21. The van der Waals surface area contributed by atoms with Gasteiger partial charge in [-0.2, -0.15) is 0 Å². The van der Waals surface area contributed by atoms with Gasteiger partial charge in [-0.25, -0.2) is 9.37 Å². The van der Waals surface area contributed by atoms with Crippen LogP contribution in [0.4, 0.5) is 10.2 Å². The predicted octanol–water partition coefficient (Wildman–Crippen LogP) is 4.20. The van der Waals surface area contributed by atoms with Gasteiger partial charge in [0.2, 0.25) is 5.91 Å². The van der Waals surface area contributed by atoms with Crippen LogP contribution in [-0.2, 0) is 0 Å². The monoisotopic (exact) mass is 349 g/mol. The third kappa shape index (κ3) is 4.25. The number of nitrogens with one attached hydrogen (secondary N) is 1. The molecule has 0 radical (unpaired) electrons. The lowest BCUT2D eigenvalue weighted by molar-refractivity contribution is 0.100. The highest BCUT2D eigenvalue weighted by Gasteiger charge is 2.07. The number of anilines is 1. The Morgan fingerprint density at radius 3 is 2.54 bits per heavy atom. The minimum atomic E-state index is -0.451. The Kier molecular flexibility index (Phi) is 5.27. The molecule has 5 heteroatoms. The molecule has 1 aromatic heterocycles. The van der Waals surface area contributed by atoms with Gasteiger partial charge in [0, 0.05) is 23.9 Å². The molecular weight excluding hydrogens is 329 g/mol. The van der Waals surface area contributed by atoms with E-state index in [0.717, 1.165) is 22.5 Å². The topological polar surface area (TPSA) is 68.0 Å². The second kappa shape index (κ2) is 7.78. The van der Waals surface area contributed by atoms with E-state index in [1.54, 1.807) is 36.5 Å². The van der Waals surface area contributed by atoms with Crippen molar-refractivity contribution in [3.8, 4) is 11.1 Å². The van der Waals surface area contributed by atoms with Gasteiger partial charge in [0.15, 0.2) is 0 Å². The normalized spacial score (nSPS) is 11.8. The molecule has 0 aliphatic heterocycles. The van der Waals surface area contributed by atoms with Gasteiger partial charge < -0.3 is 11.1 Å². The number of rotatable bonds is 6. The number of primary amides is 1. The molecule has 1 atom stereocenters. The largest absolute Gasteiger partial charge is 0.369 e. The molecule has 4 nitrogen and oxygen atoms in total. The maximum Gasteiger partial charge on any atom is 0.248 e. The first-order valence-electron chi connectivity index (χ1n) is 8.38. The number of hydrogen-bond donors (Lipinski definition) is 2. The minimum absolute atomic E-state index is 0.226. The molecule has 0 spiro atoms. The smallest absolute Gasteiger partial charge is 0.248 e. The van der Waals surface area contributed by atoms with Gasteiger partial charge in [0.25, 0.3) is 0 Å². The van der Waals surface area contributed by atoms with E-state index in [9.17, 15) is 9.18 Å². The van der Waals surface area contributed by atoms with E-state index >= 15 is 0 Å². The number of halogens is 1. The first-order chi connectivity index (χ1) is 12.5. The second-order valence-electron chi connectivity index (χ2n) is 6.21. The van der Waals surface area contributed by atoms with Crippen molar-refractivity contribution in [1.29, 1.82) is 0 Å². The van der Waals surface area contributed by atoms with Gasteiger partial charge in [-0.1, -0.05) is 31.2 Å². The summed E-state index contributed by atoms with van der Waals surface area (Å²) in [4.78, 5) is 15.7. The lowest BCUT2D eigenvalue weighted by Crippen LogP contribution is -2.11. The van der Waals surface area contributed by atoms with Crippen molar-refractivity contribution in [2.24, 2.45) is 5.73 Å². The lowest BCUT2D eigenvalue weighted by atomic mass is 10.0. The standard InChI is InChI=1S/C21H20FN3O/c1-14(15-5-8-19(22)9-6-15)12-24-20-10-7-18(13-25-20)16-3-2-4-17(11-16)21(23)26/h2-11,13-14H,12H2,1H3,(H2,23,26)(H,24,25)/t14-/m0/s1. The molecule has 1 amide bonds. The van der Waals surface area contributed by atoms with Crippen molar-refractivity contribution < 1.29 is 9.18 Å². The molecule has 0 unspecified atom stereocenters. The second-order valence-corrected chi connectivity index (χ2v) is 6.21. The quantitative estimate of drug-likeness (QED) is 0.701. The highest BCUT2D eigenvalue weighted by molar-refractivity contribution is 5.94. The fraction of sp³-hybridized carbons (Fsp3) is 0.143. The van der Waals surface area contributed by atoms with Crippen LogP contribution < -0.4 is 11.1 Å².